The molecule has 0 amide bonds. The molecule has 0 spiro atoms. The molecule has 1 atom stereocenters. The van der Waals surface area contributed by atoms with Gasteiger partial charge >= 0.3 is 0 Å². The third kappa shape index (κ3) is 3.51. The van der Waals surface area contributed by atoms with E-state index in [2.05, 4.69) is 9.97 Å². The van der Waals surface area contributed by atoms with Crippen molar-refractivity contribution in [3.8, 4) is 0 Å². The van der Waals surface area contributed by atoms with Crippen LogP contribution in [0.4, 0.5) is 0 Å². The molecular weight excluding hydrogens is 192 g/mol. The number of aliphatic hydroxyl groups is 1. The Morgan fingerprint density at radius 2 is 2.50 bits per heavy atom. The molecule has 0 aliphatic rings. The van der Waals surface area contributed by atoms with Crippen LogP contribution in [0.15, 0.2) is 17.6 Å². The predicted molar refractivity (Wildman–Crippen MR) is 53.7 cm³/mol. The zero-order valence-electron chi connectivity index (χ0n) is 6.86. The average Bonchev–Trinajstić information content (AvgIpc) is 2.53. The van der Waals surface area contributed by atoms with Crippen molar-refractivity contribution in [2.24, 2.45) is 0 Å². The van der Waals surface area contributed by atoms with Crippen LogP contribution >= 0.6 is 23.5 Å². The van der Waals surface area contributed by atoms with Crippen molar-refractivity contribution in [1.29, 1.82) is 0 Å². The SMILES string of the molecule is CSCC(O)CSc1ncc[nH]1. The minimum Gasteiger partial charge on any atom is -0.391 e. The van der Waals surface area contributed by atoms with Crippen molar-refractivity contribution in [2.75, 3.05) is 17.8 Å². The number of nitrogens with one attached hydrogen (secondary N) is 1. The van der Waals surface area contributed by atoms with Crippen LogP contribution in [-0.4, -0.2) is 38.9 Å². The molecule has 0 saturated carbocycles. The van der Waals surface area contributed by atoms with E-state index in [1.807, 2.05) is 6.26 Å². The van der Waals surface area contributed by atoms with Crippen molar-refractivity contribution in [3.05, 3.63) is 12.4 Å². The fourth-order valence-electron chi connectivity index (χ4n) is 0.745. The van der Waals surface area contributed by atoms with Gasteiger partial charge in [-0.05, 0) is 6.26 Å². The second kappa shape index (κ2) is 5.50. The van der Waals surface area contributed by atoms with E-state index in [0.29, 0.717) is 5.75 Å². The molecule has 0 aromatic carbocycles. The van der Waals surface area contributed by atoms with Gasteiger partial charge in [-0.2, -0.15) is 11.8 Å². The van der Waals surface area contributed by atoms with Crippen LogP contribution in [0.25, 0.3) is 0 Å². The maximum absolute atomic E-state index is 9.36. The predicted octanol–water partition coefficient (Wildman–Crippen LogP) is 1.23. The number of H-pyrrole nitrogens is 1. The zero-order valence-corrected chi connectivity index (χ0v) is 8.49. The molecule has 5 heteroatoms. The van der Waals surface area contributed by atoms with Gasteiger partial charge in [0.15, 0.2) is 5.16 Å². The summed E-state index contributed by atoms with van der Waals surface area (Å²) in [7, 11) is 0. The Bertz CT molecular complexity index is 203. The monoisotopic (exact) mass is 204 g/mol. The van der Waals surface area contributed by atoms with Gasteiger partial charge in [-0.3, -0.25) is 0 Å². The summed E-state index contributed by atoms with van der Waals surface area (Å²) in [5.74, 6) is 1.49. The lowest BCUT2D eigenvalue weighted by Gasteiger charge is -2.05. The Balaban J connectivity index is 2.17. The molecule has 0 radical (unpaired) electrons. The normalized spacial score (nSPS) is 13.2. The Morgan fingerprint density at radius 1 is 1.67 bits per heavy atom. The molecule has 1 aromatic rings. The van der Waals surface area contributed by atoms with Crippen LogP contribution in [0.1, 0.15) is 0 Å². The lowest BCUT2D eigenvalue weighted by atomic mass is 10.5. The number of hydrogen-bond donors (Lipinski definition) is 2. The van der Waals surface area contributed by atoms with E-state index in [4.69, 9.17) is 0 Å². The second-order valence-electron chi connectivity index (χ2n) is 2.31. The fourth-order valence-corrected chi connectivity index (χ4v) is 2.15. The smallest absolute Gasteiger partial charge is 0.165 e. The minimum atomic E-state index is -0.241. The molecule has 0 aliphatic heterocycles. The van der Waals surface area contributed by atoms with Gasteiger partial charge in [0, 0.05) is 23.9 Å². The summed E-state index contributed by atoms with van der Waals surface area (Å²) in [5, 5.41) is 10.2. The van der Waals surface area contributed by atoms with Crippen LogP contribution in [0.2, 0.25) is 0 Å². The van der Waals surface area contributed by atoms with E-state index in [9.17, 15) is 5.11 Å². The first-order valence-corrected chi connectivity index (χ1v) is 6.00. The first-order valence-electron chi connectivity index (χ1n) is 3.62. The molecule has 1 unspecified atom stereocenters. The Hall–Kier alpha value is -0.130. The zero-order chi connectivity index (χ0) is 8.81. The maximum atomic E-state index is 9.36. The number of hydrogen-bond acceptors (Lipinski definition) is 4. The molecule has 0 saturated heterocycles. The van der Waals surface area contributed by atoms with E-state index in [1.54, 1.807) is 35.9 Å². The minimum absolute atomic E-state index is 0.241. The summed E-state index contributed by atoms with van der Waals surface area (Å²) < 4.78 is 0. The lowest BCUT2D eigenvalue weighted by molar-refractivity contribution is 0.225. The Morgan fingerprint density at radius 3 is 3.08 bits per heavy atom. The molecule has 12 heavy (non-hydrogen) atoms. The second-order valence-corrected chi connectivity index (χ2v) is 4.23. The van der Waals surface area contributed by atoms with Crippen molar-refractivity contribution in [3.63, 3.8) is 0 Å². The van der Waals surface area contributed by atoms with E-state index in [1.165, 1.54) is 0 Å². The summed E-state index contributed by atoms with van der Waals surface area (Å²) in [4.78, 5) is 7.01. The van der Waals surface area contributed by atoms with Crippen molar-refractivity contribution in [1.82, 2.24) is 9.97 Å². The molecule has 0 fully saturated rings. The van der Waals surface area contributed by atoms with Gasteiger partial charge in [-0.25, -0.2) is 4.98 Å². The largest absolute Gasteiger partial charge is 0.391 e. The van der Waals surface area contributed by atoms with Crippen LogP contribution in [-0.2, 0) is 0 Å². The molecule has 0 aliphatic carbocycles. The van der Waals surface area contributed by atoms with Gasteiger partial charge in [0.05, 0.1) is 6.10 Å². The van der Waals surface area contributed by atoms with Crippen molar-refractivity contribution in [2.45, 2.75) is 11.3 Å². The van der Waals surface area contributed by atoms with Gasteiger partial charge < -0.3 is 10.1 Å². The third-order valence-corrected chi connectivity index (χ3v) is 3.01. The number of aromatic amines is 1. The molecular formula is C7H12N2OS2. The van der Waals surface area contributed by atoms with Crippen molar-refractivity contribution < 1.29 is 5.11 Å². The summed E-state index contributed by atoms with van der Waals surface area (Å²) >= 11 is 3.20. The highest BCUT2D eigenvalue weighted by molar-refractivity contribution is 7.99. The summed E-state index contributed by atoms with van der Waals surface area (Å²) in [5.41, 5.74) is 0. The average molecular weight is 204 g/mol. The maximum Gasteiger partial charge on any atom is 0.165 e. The number of nitrogens with zero attached hydrogens (tertiary/aromatic N) is 1. The van der Waals surface area contributed by atoms with Crippen molar-refractivity contribution >= 4 is 23.5 Å². The molecule has 1 aromatic heterocycles. The first-order chi connectivity index (χ1) is 5.83. The van der Waals surface area contributed by atoms with Crippen LogP contribution in [0.5, 0.6) is 0 Å². The van der Waals surface area contributed by atoms with Gasteiger partial charge in [-0.15, -0.1) is 0 Å². The van der Waals surface area contributed by atoms with Crippen LogP contribution in [0.3, 0.4) is 0 Å². The molecule has 68 valence electrons. The summed E-state index contributed by atoms with van der Waals surface area (Å²) in [6.07, 6.45) is 5.24. The third-order valence-electron chi connectivity index (χ3n) is 1.24. The quantitative estimate of drug-likeness (QED) is 0.708. The summed E-state index contributed by atoms with van der Waals surface area (Å²) in [6, 6.07) is 0. The van der Waals surface area contributed by atoms with Gasteiger partial charge in [0.1, 0.15) is 0 Å². The Labute approximate surface area is 80.4 Å². The van der Waals surface area contributed by atoms with Gasteiger partial charge in [0.25, 0.3) is 0 Å². The summed E-state index contributed by atoms with van der Waals surface area (Å²) in [6.45, 7) is 0. The van der Waals surface area contributed by atoms with Crippen LogP contribution in [0, 0.1) is 0 Å². The van der Waals surface area contributed by atoms with Gasteiger partial charge in [-0.1, -0.05) is 11.8 Å². The molecule has 1 heterocycles. The number of aromatic nitrogens is 2. The first kappa shape index (κ1) is 9.95. The fraction of sp³-hybridized carbons (Fsp3) is 0.571. The highest BCUT2D eigenvalue weighted by Crippen LogP contribution is 2.14. The highest BCUT2D eigenvalue weighted by Gasteiger charge is 2.04. The number of imidazole rings is 1. The standard InChI is InChI=1S/C7H12N2OS2/c1-11-4-6(10)5-12-7-8-2-3-9-7/h2-3,6,10H,4-5H2,1H3,(H,8,9). The number of aliphatic hydroxyl groups excluding tert-OH is 1. The molecule has 3 nitrogen and oxygen atoms in total. The van der Waals surface area contributed by atoms with E-state index in [0.717, 1.165) is 10.9 Å². The van der Waals surface area contributed by atoms with Crippen LogP contribution < -0.4 is 0 Å². The molecule has 0 bridgehead atoms. The van der Waals surface area contributed by atoms with E-state index < -0.39 is 0 Å². The van der Waals surface area contributed by atoms with E-state index >= 15 is 0 Å². The van der Waals surface area contributed by atoms with Gasteiger partial charge in [0.2, 0.25) is 0 Å². The molecule has 2 N–H and O–H groups in total. The topological polar surface area (TPSA) is 48.9 Å². The highest BCUT2D eigenvalue weighted by atomic mass is 32.2. The molecule has 1 rings (SSSR count). The Kier molecular flexibility index (Phi) is 4.57. The number of rotatable bonds is 5. The van der Waals surface area contributed by atoms with E-state index in [-0.39, 0.29) is 6.10 Å². The number of thioether (sulfide) groups is 2. The lowest BCUT2D eigenvalue weighted by Crippen LogP contribution is -2.12.